The van der Waals surface area contributed by atoms with Gasteiger partial charge in [-0.2, -0.15) is 0 Å². The van der Waals surface area contributed by atoms with Gasteiger partial charge in [0, 0.05) is 7.05 Å². The van der Waals surface area contributed by atoms with Crippen molar-refractivity contribution in [1.29, 1.82) is 0 Å². The first kappa shape index (κ1) is 15.9. The Hall–Kier alpha value is -2.44. The summed E-state index contributed by atoms with van der Waals surface area (Å²) in [6.07, 6.45) is 0. The Balaban J connectivity index is 1.81. The molecular formula is C15H21N5O2. The second kappa shape index (κ2) is 7.02. The topological polar surface area (TPSA) is 73.1 Å². The molecule has 0 spiro atoms. The maximum Gasteiger partial charge on any atom is 0.244 e. The van der Waals surface area contributed by atoms with Gasteiger partial charge in [-0.25, -0.2) is 4.68 Å². The lowest BCUT2D eigenvalue weighted by Gasteiger charge is -2.17. The van der Waals surface area contributed by atoms with Crippen molar-refractivity contribution < 1.29 is 9.53 Å². The zero-order valence-corrected chi connectivity index (χ0v) is 13.4. The molecule has 0 atom stereocenters. The summed E-state index contributed by atoms with van der Waals surface area (Å²) in [5.41, 5.74) is 2.32. The fraction of sp³-hybridized carbons (Fsp3) is 0.467. The van der Waals surface area contributed by atoms with Crippen molar-refractivity contribution in [2.75, 3.05) is 20.2 Å². The highest BCUT2D eigenvalue weighted by Gasteiger charge is 2.12. The van der Waals surface area contributed by atoms with E-state index >= 15 is 0 Å². The van der Waals surface area contributed by atoms with Gasteiger partial charge in [-0.05, 0) is 54.5 Å². The highest BCUT2D eigenvalue weighted by atomic mass is 16.5. The van der Waals surface area contributed by atoms with E-state index in [1.165, 1.54) is 4.68 Å². The number of tetrazole rings is 1. The molecule has 0 aliphatic carbocycles. The Morgan fingerprint density at radius 2 is 1.91 bits per heavy atom. The van der Waals surface area contributed by atoms with Crippen LogP contribution in [0.1, 0.15) is 17.0 Å². The molecule has 118 valence electrons. The molecule has 0 N–H and O–H groups in total. The molecule has 0 bridgehead atoms. The average Bonchev–Trinajstić information content (AvgIpc) is 2.83. The van der Waals surface area contributed by atoms with Crippen LogP contribution in [0.2, 0.25) is 0 Å². The van der Waals surface area contributed by atoms with Crippen LogP contribution < -0.4 is 4.74 Å². The summed E-state index contributed by atoms with van der Waals surface area (Å²) in [5.74, 6) is 1.39. The molecule has 1 heterocycles. The molecule has 1 aromatic heterocycles. The van der Waals surface area contributed by atoms with E-state index < -0.39 is 0 Å². The molecule has 0 radical (unpaired) electrons. The van der Waals surface area contributed by atoms with Crippen LogP contribution in [0.25, 0.3) is 0 Å². The van der Waals surface area contributed by atoms with E-state index in [0.717, 1.165) is 16.9 Å². The number of likely N-dealkylation sites (N-methyl/N-ethyl adjacent to an activating group) is 1. The molecule has 7 heteroatoms. The standard InChI is InChI=1S/C15H21N5O2/c1-11-7-12(2)9-14(8-11)22-6-5-19(4)15(21)10-20-13(3)16-17-18-20/h7-9H,5-6,10H2,1-4H3. The summed E-state index contributed by atoms with van der Waals surface area (Å²) < 4.78 is 7.18. The van der Waals surface area contributed by atoms with Gasteiger partial charge in [-0.1, -0.05) is 6.07 Å². The smallest absolute Gasteiger partial charge is 0.244 e. The predicted molar refractivity (Wildman–Crippen MR) is 81.6 cm³/mol. The van der Waals surface area contributed by atoms with Crippen molar-refractivity contribution in [3.05, 3.63) is 35.2 Å². The van der Waals surface area contributed by atoms with Crippen LogP contribution in [0.5, 0.6) is 5.75 Å². The molecule has 2 rings (SSSR count). The summed E-state index contributed by atoms with van der Waals surface area (Å²) in [6.45, 7) is 6.91. The molecule has 22 heavy (non-hydrogen) atoms. The van der Waals surface area contributed by atoms with Crippen molar-refractivity contribution in [3.8, 4) is 5.75 Å². The Morgan fingerprint density at radius 3 is 2.50 bits per heavy atom. The summed E-state index contributed by atoms with van der Waals surface area (Å²) in [6, 6.07) is 6.07. The number of nitrogens with zero attached hydrogens (tertiary/aromatic N) is 5. The second-order valence-corrected chi connectivity index (χ2v) is 5.37. The number of carbonyl (C=O) groups excluding carboxylic acids is 1. The number of aryl methyl sites for hydroxylation is 3. The summed E-state index contributed by atoms with van der Waals surface area (Å²) in [5, 5.41) is 11.0. The molecule has 2 aromatic rings. The zero-order chi connectivity index (χ0) is 16.1. The lowest BCUT2D eigenvalue weighted by Crippen LogP contribution is -2.34. The van der Waals surface area contributed by atoms with Gasteiger partial charge in [0.15, 0.2) is 0 Å². The van der Waals surface area contributed by atoms with E-state index in [9.17, 15) is 4.79 Å². The maximum atomic E-state index is 12.1. The highest BCUT2D eigenvalue weighted by molar-refractivity contribution is 5.75. The second-order valence-electron chi connectivity index (χ2n) is 5.37. The van der Waals surface area contributed by atoms with Crippen LogP contribution >= 0.6 is 0 Å². The number of aromatic nitrogens is 4. The molecular weight excluding hydrogens is 282 g/mol. The Kier molecular flexibility index (Phi) is 5.08. The molecule has 0 saturated heterocycles. The van der Waals surface area contributed by atoms with Gasteiger partial charge in [0.1, 0.15) is 24.7 Å². The van der Waals surface area contributed by atoms with Gasteiger partial charge in [-0.3, -0.25) is 4.79 Å². The number of hydrogen-bond donors (Lipinski definition) is 0. The monoisotopic (exact) mass is 303 g/mol. The lowest BCUT2D eigenvalue weighted by atomic mass is 10.1. The molecule has 0 aliphatic heterocycles. The Labute approximate surface area is 129 Å². The number of rotatable bonds is 6. The SMILES string of the molecule is Cc1cc(C)cc(OCCN(C)C(=O)Cn2nnnc2C)c1. The summed E-state index contributed by atoms with van der Waals surface area (Å²) in [7, 11) is 1.74. The third-order valence-electron chi connectivity index (χ3n) is 3.31. The fourth-order valence-corrected chi connectivity index (χ4v) is 2.09. The number of hydrogen-bond acceptors (Lipinski definition) is 5. The third-order valence-corrected chi connectivity index (χ3v) is 3.31. The minimum absolute atomic E-state index is 0.0561. The van der Waals surface area contributed by atoms with E-state index in [0.29, 0.717) is 19.0 Å². The van der Waals surface area contributed by atoms with Crippen LogP contribution in [0, 0.1) is 20.8 Å². The maximum absolute atomic E-state index is 12.1. The van der Waals surface area contributed by atoms with Gasteiger partial charge in [0.05, 0.1) is 6.54 Å². The van der Waals surface area contributed by atoms with Crippen LogP contribution in [0.4, 0.5) is 0 Å². The Morgan fingerprint density at radius 1 is 1.23 bits per heavy atom. The quantitative estimate of drug-likeness (QED) is 0.800. The molecule has 1 amide bonds. The molecule has 0 aliphatic rings. The van der Waals surface area contributed by atoms with Crippen molar-refractivity contribution in [3.63, 3.8) is 0 Å². The number of carbonyl (C=O) groups is 1. The van der Waals surface area contributed by atoms with Crippen molar-refractivity contribution in [2.45, 2.75) is 27.3 Å². The highest BCUT2D eigenvalue weighted by Crippen LogP contribution is 2.16. The van der Waals surface area contributed by atoms with Crippen molar-refractivity contribution >= 4 is 5.91 Å². The minimum atomic E-state index is -0.0561. The van der Waals surface area contributed by atoms with E-state index in [-0.39, 0.29) is 12.5 Å². The summed E-state index contributed by atoms with van der Waals surface area (Å²) >= 11 is 0. The van der Waals surface area contributed by atoms with Gasteiger partial charge >= 0.3 is 0 Å². The van der Waals surface area contributed by atoms with Gasteiger partial charge in [-0.15, -0.1) is 5.10 Å². The summed E-state index contributed by atoms with van der Waals surface area (Å²) in [4.78, 5) is 13.7. The molecule has 0 unspecified atom stereocenters. The normalized spacial score (nSPS) is 10.5. The first-order chi connectivity index (χ1) is 10.5. The van der Waals surface area contributed by atoms with Crippen molar-refractivity contribution in [1.82, 2.24) is 25.1 Å². The minimum Gasteiger partial charge on any atom is -0.492 e. The number of amides is 1. The van der Waals surface area contributed by atoms with Crippen LogP contribution in [0.3, 0.4) is 0 Å². The van der Waals surface area contributed by atoms with Gasteiger partial charge in [0.2, 0.25) is 5.91 Å². The largest absolute Gasteiger partial charge is 0.492 e. The first-order valence-electron chi connectivity index (χ1n) is 7.13. The number of benzene rings is 1. The van der Waals surface area contributed by atoms with E-state index in [4.69, 9.17) is 4.74 Å². The van der Waals surface area contributed by atoms with E-state index in [2.05, 4.69) is 21.6 Å². The molecule has 0 saturated carbocycles. The van der Waals surface area contributed by atoms with Gasteiger partial charge < -0.3 is 9.64 Å². The number of ether oxygens (including phenoxy) is 1. The van der Waals surface area contributed by atoms with Crippen LogP contribution in [0.15, 0.2) is 18.2 Å². The molecule has 0 fully saturated rings. The average molecular weight is 303 g/mol. The fourth-order valence-electron chi connectivity index (χ4n) is 2.09. The van der Waals surface area contributed by atoms with Crippen molar-refractivity contribution in [2.24, 2.45) is 0 Å². The van der Waals surface area contributed by atoms with Crippen LogP contribution in [-0.2, 0) is 11.3 Å². The lowest BCUT2D eigenvalue weighted by molar-refractivity contribution is -0.131. The zero-order valence-electron chi connectivity index (χ0n) is 13.4. The van der Waals surface area contributed by atoms with E-state index in [1.807, 2.05) is 26.0 Å². The Bertz CT molecular complexity index is 633. The van der Waals surface area contributed by atoms with E-state index in [1.54, 1.807) is 18.9 Å². The van der Waals surface area contributed by atoms with Crippen LogP contribution in [-0.4, -0.2) is 51.2 Å². The molecule has 1 aromatic carbocycles. The predicted octanol–water partition coefficient (Wildman–Crippen LogP) is 1.14. The third kappa shape index (κ3) is 4.28. The molecule has 7 nitrogen and oxygen atoms in total. The van der Waals surface area contributed by atoms with Gasteiger partial charge in [0.25, 0.3) is 0 Å². The first-order valence-corrected chi connectivity index (χ1v) is 7.13.